The lowest BCUT2D eigenvalue weighted by Crippen LogP contribution is -2.36. The molecule has 0 bridgehead atoms. The summed E-state index contributed by atoms with van der Waals surface area (Å²) in [5, 5.41) is 6.18. The minimum Gasteiger partial charge on any atom is -0.492 e. The molecule has 0 aliphatic rings. The van der Waals surface area contributed by atoms with Gasteiger partial charge in [-0.3, -0.25) is 19.8 Å². The molecular formula is C27H25BrN4O4. The highest BCUT2D eigenvalue weighted by Crippen LogP contribution is 2.26. The van der Waals surface area contributed by atoms with Crippen molar-refractivity contribution >= 4 is 55.9 Å². The number of fused-ring (bicyclic) bond motifs is 1. The lowest BCUT2D eigenvalue weighted by atomic mass is 10.1. The van der Waals surface area contributed by atoms with Crippen molar-refractivity contribution in [3.8, 4) is 5.75 Å². The average Bonchev–Trinajstić information content (AvgIpc) is 3.20. The molecule has 4 rings (SSSR count). The third-order valence-corrected chi connectivity index (χ3v) is 6.20. The first-order valence-electron chi connectivity index (χ1n) is 11.3. The Labute approximate surface area is 216 Å². The molecule has 0 aliphatic carbocycles. The van der Waals surface area contributed by atoms with E-state index in [1.54, 1.807) is 42.5 Å². The third-order valence-electron chi connectivity index (χ3n) is 5.70. The lowest BCUT2D eigenvalue weighted by molar-refractivity contribution is -0.133. The molecule has 1 heterocycles. The Hall–Kier alpha value is -4.11. The van der Waals surface area contributed by atoms with E-state index in [0.717, 1.165) is 15.6 Å². The summed E-state index contributed by atoms with van der Waals surface area (Å²) in [4.78, 5) is 38.9. The molecule has 3 amide bonds. The van der Waals surface area contributed by atoms with Gasteiger partial charge in [0.2, 0.25) is 0 Å². The summed E-state index contributed by atoms with van der Waals surface area (Å²) in [6.07, 6.45) is 0. The molecule has 0 radical (unpaired) electrons. The van der Waals surface area contributed by atoms with Gasteiger partial charge in [-0.1, -0.05) is 40.2 Å². The summed E-state index contributed by atoms with van der Waals surface area (Å²) < 4.78 is 7.64. The van der Waals surface area contributed by atoms with Crippen LogP contribution in [0.2, 0.25) is 0 Å². The maximum Gasteiger partial charge on any atom is 0.328 e. The minimum absolute atomic E-state index is 0.167. The molecular weight excluding hydrogens is 524 g/mol. The van der Waals surface area contributed by atoms with Crippen molar-refractivity contribution < 1.29 is 19.1 Å². The maximum atomic E-state index is 13.3. The Balaban J connectivity index is 1.63. The summed E-state index contributed by atoms with van der Waals surface area (Å²) >= 11 is 3.43. The van der Waals surface area contributed by atoms with Crippen LogP contribution in [-0.4, -0.2) is 29.0 Å². The van der Waals surface area contributed by atoms with Crippen LogP contribution in [0.5, 0.6) is 5.75 Å². The van der Waals surface area contributed by atoms with Crippen molar-refractivity contribution in [1.29, 1.82) is 0 Å². The Morgan fingerprint density at radius 2 is 1.64 bits per heavy atom. The van der Waals surface area contributed by atoms with E-state index in [9.17, 15) is 14.4 Å². The van der Waals surface area contributed by atoms with E-state index in [-0.39, 0.29) is 5.69 Å². The largest absolute Gasteiger partial charge is 0.492 e. The number of aryl methyl sites for hydroxylation is 1. The standard InChI is InChI=1S/C27H25BrN4O4/c1-4-36-24-11-6-5-9-21(24)30-26(34)27(35)31-32-22-13-12-19(28)14-18(22)15-23(32)25(33)29-20-10-7-8-16(2)17(20)3/h5-15H,4H2,1-3H3,(H,29,33)(H,30,34)(H,31,35). The Kier molecular flexibility index (Phi) is 7.40. The summed E-state index contributed by atoms with van der Waals surface area (Å²) in [5.74, 6) is -1.83. The smallest absolute Gasteiger partial charge is 0.328 e. The Morgan fingerprint density at radius 3 is 2.42 bits per heavy atom. The molecule has 8 nitrogen and oxygen atoms in total. The van der Waals surface area contributed by atoms with E-state index in [1.807, 2.05) is 45.0 Å². The minimum atomic E-state index is -0.942. The summed E-state index contributed by atoms with van der Waals surface area (Å²) in [5.41, 5.74) is 6.29. The van der Waals surface area contributed by atoms with Gasteiger partial charge >= 0.3 is 11.8 Å². The number of hydrogen-bond donors (Lipinski definition) is 3. The van der Waals surface area contributed by atoms with Gasteiger partial charge in [0, 0.05) is 15.5 Å². The van der Waals surface area contributed by atoms with Crippen molar-refractivity contribution in [2.45, 2.75) is 20.8 Å². The molecule has 0 atom stereocenters. The number of amides is 3. The van der Waals surface area contributed by atoms with Crippen LogP contribution in [0, 0.1) is 13.8 Å². The number of ether oxygens (including phenoxy) is 1. The van der Waals surface area contributed by atoms with Crippen LogP contribution in [0.1, 0.15) is 28.5 Å². The van der Waals surface area contributed by atoms with Gasteiger partial charge < -0.3 is 15.4 Å². The molecule has 4 aromatic rings. The number of halogens is 1. The second-order valence-corrected chi connectivity index (χ2v) is 9.01. The molecule has 0 fully saturated rings. The van der Waals surface area contributed by atoms with E-state index < -0.39 is 17.7 Å². The molecule has 3 N–H and O–H groups in total. The molecule has 0 saturated carbocycles. The predicted octanol–water partition coefficient (Wildman–Crippen LogP) is 5.38. The summed E-state index contributed by atoms with van der Waals surface area (Å²) in [6.45, 7) is 6.11. The van der Waals surface area contributed by atoms with Crippen LogP contribution in [0.3, 0.4) is 0 Å². The van der Waals surface area contributed by atoms with Crippen LogP contribution in [-0.2, 0) is 9.59 Å². The van der Waals surface area contributed by atoms with Crippen LogP contribution in [0.4, 0.5) is 11.4 Å². The monoisotopic (exact) mass is 548 g/mol. The average molecular weight is 549 g/mol. The molecule has 3 aromatic carbocycles. The topological polar surface area (TPSA) is 101 Å². The molecule has 0 saturated heterocycles. The third kappa shape index (κ3) is 5.26. The molecule has 0 aliphatic heterocycles. The second-order valence-electron chi connectivity index (χ2n) is 8.09. The molecule has 184 valence electrons. The van der Waals surface area contributed by atoms with Crippen molar-refractivity contribution in [1.82, 2.24) is 4.68 Å². The summed E-state index contributed by atoms with van der Waals surface area (Å²) in [7, 11) is 0. The lowest BCUT2D eigenvalue weighted by Gasteiger charge is -2.15. The molecule has 0 spiro atoms. The first kappa shape index (κ1) is 25.0. The zero-order chi connectivity index (χ0) is 25.8. The van der Waals surface area contributed by atoms with Crippen LogP contribution >= 0.6 is 15.9 Å². The highest BCUT2D eigenvalue weighted by Gasteiger charge is 2.22. The number of benzene rings is 3. The first-order chi connectivity index (χ1) is 17.3. The molecule has 0 unspecified atom stereocenters. The number of aromatic nitrogens is 1. The number of anilines is 2. The van der Waals surface area contributed by atoms with Gasteiger partial charge in [0.1, 0.15) is 11.4 Å². The predicted molar refractivity (Wildman–Crippen MR) is 144 cm³/mol. The molecule has 1 aromatic heterocycles. The number of rotatable bonds is 6. The van der Waals surface area contributed by atoms with E-state index in [0.29, 0.717) is 34.6 Å². The van der Waals surface area contributed by atoms with Gasteiger partial charge in [-0.25, -0.2) is 4.68 Å². The van der Waals surface area contributed by atoms with Gasteiger partial charge in [-0.05, 0) is 74.4 Å². The number of carbonyl (C=O) groups is 3. The maximum absolute atomic E-state index is 13.3. The zero-order valence-electron chi connectivity index (χ0n) is 20.0. The fourth-order valence-corrected chi connectivity index (χ4v) is 4.11. The molecule has 36 heavy (non-hydrogen) atoms. The van der Waals surface area contributed by atoms with E-state index in [2.05, 4.69) is 32.0 Å². The number of carbonyl (C=O) groups excluding carboxylic acids is 3. The second kappa shape index (κ2) is 10.7. The van der Waals surface area contributed by atoms with E-state index in [4.69, 9.17) is 4.74 Å². The Bertz CT molecular complexity index is 1480. The highest BCUT2D eigenvalue weighted by molar-refractivity contribution is 9.10. The van der Waals surface area contributed by atoms with E-state index >= 15 is 0 Å². The van der Waals surface area contributed by atoms with Crippen LogP contribution in [0.15, 0.2) is 71.2 Å². The van der Waals surface area contributed by atoms with E-state index in [1.165, 1.54) is 4.68 Å². The number of nitrogens with one attached hydrogen (secondary N) is 3. The van der Waals surface area contributed by atoms with Gasteiger partial charge in [-0.15, -0.1) is 0 Å². The first-order valence-corrected chi connectivity index (χ1v) is 12.1. The Morgan fingerprint density at radius 1 is 0.889 bits per heavy atom. The quantitative estimate of drug-likeness (QED) is 0.281. The van der Waals surface area contributed by atoms with Gasteiger partial charge in [-0.2, -0.15) is 0 Å². The van der Waals surface area contributed by atoms with Crippen LogP contribution in [0.25, 0.3) is 10.9 Å². The van der Waals surface area contributed by atoms with Gasteiger partial charge in [0.15, 0.2) is 0 Å². The number of nitrogens with zero attached hydrogens (tertiary/aromatic N) is 1. The molecule has 9 heteroatoms. The van der Waals surface area contributed by atoms with Crippen molar-refractivity contribution in [2.24, 2.45) is 0 Å². The fourth-order valence-electron chi connectivity index (χ4n) is 3.73. The van der Waals surface area contributed by atoms with Crippen molar-refractivity contribution in [3.05, 3.63) is 88.0 Å². The van der Waals surface area contributed by atoms with Crippen LogP contribution < -0.4 is 20.8 Å². The normalized spacial score (nSPS) is 10.7. The number of hydrogen-bond acceptors (Lipinski definition) is 4. The zero-order valence-corrected chi connectivity index (χ0v) is 21.6. The summed E-state index contributed by atoms with van der Waals surface area (Å²) in [6, 6.07) is 19.5. The van der Waals surface area contributed by atoms with Crippen molar-refractivity contribution in [2.75, 3.05) is 22.7 Å². The van der Waals surface area contributed by atoms with Gasteiger partial charge in [0.25, 0.3) is 5.91 Å². The highest BCUT2D eigenvalue weighted by atomic mass is 79.9. The SMILES string of the molecule is CCOc1ccccc1NC(=O)C(=O)Nn1c(C(=O)Nc2cccc(C)c2C)cc2cc(Br)ccc21. The van der Waals surface area contributed by atoms with Crippen molar-refractivity contribution in [3.63, 3.8) is 0 Å². The fraction of sp³-hybridized carbons (Fsp3) is 0.148. The number of para-hydroxylation sites is 2. The van der Waals surface area contributed by atoms with Gasteiger partial charge in [0.05, 0.1) is 17.8 Å².